The quantitative estimate of drug-likeness (QED) is 0.706. The Morgan fingerprint density at radius 1 is 1.21 bits per heavy atom. The zero-order valence-electron chi connectivity index (χ0n) is 14.7. The maximum absolute atomic E-state index is 12.5. The van der Waals surface area contributed by atoms with Crippen LogP contribution in [0.15, 0.2) is 24.3 Å². The molecule has 2 amide bonds. The second-order valence-electron chi connectivity index (χ2n) is 6.13. The summed E-state index contributed by atoms with van der Waals surface area (Å²) in [4.78, 5) is 26.2. The van der Waals surface area contributed by atoms with E-state index in [0.717, 1.165) is 18.5 Å². The fraction of sp³-hybridized carbons (Fsp3) is 0.579. The van der Waals surface area contributed by atoms with Crippen LogP contribution >= 0.6 is 0 Å². The number of nitrogens with zero attached hydrogens (tertiary/aromatic N) is 1. The summed E-state index contributed by atoms with van der Waals surface area (Å²) in [6.07, 6.45) is 5.01. The molecule has 0 aliphatic carbocycles. The number of unbranched alkanes of at least 4 members (excludes halogenated alkanes) is 3. The van der Waals surface area contributed by atoms with Crippen LogP contribution in [-0.2, 0) is 9.59 Å². The maximum Gasteiger partial charge on any atom is 0.268 e. The first kappa shape index (κ1) is 18.3. The Labute approximate surface area is 144 Å². The Kier molecular flexibility index (Phi) is 7.09. The normalized spacial score (nSPS) is 16.5. The van der Waals surface area contributed by atoms with Crippen molar-refractivity contribution in [2.45, 2.75) is 58.5 Å². The van der Waals surface area contributed by atoms with E-state index in [0.29, 0.717) is 31.7 Å². The molecule has 132 valence electrons. The van der Waals surface area contributed by atoms with Gasteiger partial charge in [0.05, 0.1) is 5.69 Å². The lowest BCUT2D eigenvalue weighted by Gasteiger charge is -2.33. The van der Waals surface area contributed by atoms with Crippen molar-refractivity contribution in [1.29, 1.82) is 0 Å². The maximum atomic E-state index is 12.5. The number of para-hydroxylation sites is 2. The number of carbonyl (C=O) groups excluding carboxylic acids is 2. The number of amides is 2. The van der Waals surface area contributed by atoms with Crippen LogP contribution in [0.3, 0.4) is 0 Å². The molecule has 0 radical (unpaired) electrons. The van der Waals surface area contributed by atoms with Crippen LogP contribution in [0.25, 0.3) is 0 Å². The summed E-state index contributed by atoms with van der Waals surface area (Å²) in [7, 11) is 0. The highest BCUT2D eigenvalue weighted by Crippen LogP contribution is 2.34. The zero-order chi connectivity index (χ0) is 17.4. The smallest absolute Gasteiger partial charge is 0.268 e. The summed E-state index contributed by atoms with van der Waals surface area (Å²) >= 11 is 0. The number of rotatable bonds is 9. The summed E-state index contributed by atoms with van der Waals surface area (Å²) in [5.41, 5.74) is 0.753. The minimum absolute atomic E-state index is 0.00341. The number of carbonyl (C=O) groups is 2. The number of nitrogens with one attached hydrogen (secondary N) is 1. The number of hydrogen-bond donors (Lipinski definition) is 1. The van der Waals surface area contributed by atoms with Crippen LogP contribution in [0.1, 0.15) is 52.4 Å². The Balaban J connectivity index is 1.88. The molecule has 1 heterocycles. The lowest BCUT2D eigenvalue weighted by atomic mass is 10.1. The Morgan fingerprint density at radius 2 is 2.00 bits per heavy atom. The van der Waals surface area contributed by atoms with Crippen LogP contribution in [0.5, 0.6) is 5.75 Å². The van der Waals surface area contributed by atoms with Gasteiger partial charge >= 0.3 is 0 Å². The molecule has 2 rings (SSSR count). The van der Waals surface area contributed by atoms with Gasteiger partial charge in [0.2, 0.25) is 5.91 Å². The van der Waals surface area contributed by atoms with Gasteiger partial charge in [-0.05, 0) is 25.0 Å². The third-order valence-electron chi connectivity index (χ3n) is 4.25. The number of ether oxygens (including phenoxy) is 1. The summed E-state index contributed by atoms with van der Waals surface area (Å²) in [6.45, 7) is 5.19. The van der Waals surface area contributed by atoms with Gasteiger partial charge in [-0.25, -0.2) is 0 Å². The number of benzene rings is 1. The molecule has 5 nitrogen and oxygen atoms in total. The van der Waals surface area contributed by atoms with Gasteiger partial charge < -0.3 is 15.0 Å². The van der Waals surface area contributed by atoms with Gasteiger partial charge in [0.15, 0.2) is 6.10 Å². The standard InChI is InChI=1S/C19H28N2O3/c1-3-5-6-9-13-20-18(22)12-14-21-15-10-7-8-11-17(15)24-16(4-2)19(21)23/h7-8,10-11,16H,3-6,9,12-14H2,1-2H3,(H,20,22). The molecule has 1 atom stereocenters. The van der Waals surface area contributed by atoms with Gasteiger partial charge in [0.25, 0.3) is 5.91 Å². The van der Waals surface area contributed by atoms with Crippen molar-refractivity contribution in [3.05, 3.63) is 24.3 Å². The van der Waals surface area contributed by atoms with E-state index in [1.165, 1.54) is 12.8 Å². The van der Waals surface area contributed by atoms with Gasteiger partial charge in [-0.2, -0.15) is 0 Å². The van der Waals surface area contributed by atoms with Gasteiger partial charge in [-0.1, -0.05) is 45.2 Å². The molecule has 0 saturated carbocycles. The molecule has 1 aromatic carbocycles. The fourth-order valence-electron chi connectivity index (χ4n) is 2.85. The van der Waals surface area contributed by atoms with Crippen molar-refractivity contribution in [1.82, 2.24) is 5.32 Å². The molecule has 1 aliphatic heterocycles. The van der Waals surface area contributed by atoms with E-state index < -0.39 is 6.10 Å². The second-order valence-corrected chi connectivity index (χ2v) is 6.13. The van der Waals surface area contributed by atoms with E-state index >= 15 is 0 Å². The molecule has 0 aromatic heterocycles. The summed E-state index contributed by atoms with van der Waals surface area (Å²) < 4.78 is 5.74. The van der Waals surface area contributed by atoms with Crippen molar-refractivity contribution in [2.24, 2.45) is 0 Å². The third kappa shape index (κ3) is 4.73. The monoisotopic (exact) mass is 332 g/mol. The van der Waals surface area contributed by atoms with E-state index in [-0.39, 0.29) is 11.8 Å². The number of fused-ring (bicyclic) bond motifs is 1. The van der Waals surface area contributed by atoms with Gasteiger partial charge in [0.1, 0.15) is 5.75 Å². The molecular weight excluding hydrogens is 304 g/mol. The molecule has 0 saturated heterocycles. The Hall–Kier alpha value is -2.04. The molecule has 24 heavy (non-hydrogen) atoms. The molecule has 0 bridgehead atoms. The molecule has 1 aliphatic rings. The summed E-state index contributed by atoms with van der Waals surface area (Å²) in [5.74, 6) is 0.646. The predicted octanol–water partition coefficient (Wildman–Crippen LogP) is 3.28. The molecule has 0 spiro atoms. The van der Waals surface area contributed by atoms with Crippen molar-refractivity contribution in [2.75, 3.05) is 18.0 Å². The lowest BCUT2D eigenvalue weighted by Crippen LogP contribution is -2.46. The molecule has 0 fully saturated rings. The van der Waals surface area contributed by atoms with Crippen molar-refractivity contribution < 1.29 is 14.3 Å². The van der Waals surface area contributed by atoms with Crippen LogP contribution in [0.4, 0.5) is 5.69 Å². The zero-order valence-corrected chi connectivity index (χ0v) is 14.7. The van der Waals surface area contributed by atoms with Crippen molar-refractivity contribution in [3.8, 4) is 5.75 Å². The second kappa shape index (κ2) is 9.30. The topological polar surface area (TPSA) is 58.6 Å². The van der Waals surface area contributed by atoms with E-state index in [2.05, 4.69) is 12.2 Å². The molecule has 5 heteroatoms. The van der Waals surface area contributed by atoms with Gasteiger partial charge in [-0.15, -0.1) is 0 Å². The van der Waals surface area contributed by atoms with Crippen molar-refractivity contribution in [3.63, 3.8) is 0 Å². The highest BCUT2D eigenvalue weighted by Gasteiger charge is 2.32. The lowest BCUT2D eigenvalue weighted by molar-refractivity contribution is -0.126. The first-order valence-corrected chi connectivity index (χ1v) is 9.01. The van der Waals surface area contributed by atoms with Crippen LogP contribution < -0.4 is 15.0 Å². The predicted molar refractivity (Wildman–Crippen MR) is 95.3 cm³/mol. The summed E-state index contributed by atoms with van der Waals surface area (Å²) in [6, 6.07) is 7.50. The van der Waals surface area contributed by atoms with Crippen molar-refractivity contribution >= 4 is 17.5 Å². The Bertz CT molecular complexity index is 559. The highest BCUT2D eigenvalue weighted by molar-refractivity contribution is 6.00. The average Bonchev–Trinajstić information content (AvgIpc) is 2.60. The number of anilines is 1. The van der Waals surface area contributed by atoms with Crippen LogP contribution in [0.2, 0.25) is 0 Å². The minimum Gasteiger partial charge on any atom is -0.478 e. The van der Waals surface area contributed by atoms with Gasteiger partial charge in [0, 0.05) is 19.5 Å². The highest BCUT2D eigenvalue weighted by atomic mass is 16.5. The van der Waals surface area contributed by atoms with E-state index in [1.54, 1.807) is 4.90 Å². The average molecular weight is 332 g/mol. The third-order valence-corrected chi connectivity index (χ3v) is 4.25. The molecular formula is C19H28N2O3. The van der Waals surface area contributed by atoms with E-state index in [9.17, 15) is 9.59 Å². The van der Waals surface area contributed by atoms with Gasteiger partial charge in [-0.3, -0.25) is 9.59 Å². The SMILES string of the molecule is CCCCCCNC(=O)CCN1C(=O)C(CC)Oc2ccccc21. The molecule has 1 aromatic rings. The van der Waals surface area contributed by atoms with E-state index in [1.807, 2.05) is 31.2 Å². The largest absolute Gasteiger partial charge is 0.478 e. The van der Waals surface area contributed by atoms with Crippen LogP contribution in [0, 0.1) is 0 Å². The Morgan fingerprint density at radius 3 is 2.75 bits per heavy atom. The first-order chi connectivity index (χ1) is 11.7. The number of hydrogen-bond acceptors (Lipinski definition) is 3. The van der Waals surface area contributed by atoms with Crippen LogP contribution in [-0.4, -0.2) is 31.0 Å². The fourth-order valence-corrected chi connectivity index (χ4v) is 2.85. The molecule has 1 N–H and O–H groups in total. The minimum atomic E-state index is -0.461. The van der Waals surface area contributed by atoms with E-state index in [4.69, 9.17) is 4.74 Å². The summed E-state index contributed by atoms with van der Waals surface area (Å²) in [5, 5.41) is 2.94. The molecule has 1 unspecified atom stereocenters. The first-order valence-electron chi connectivity index (χ1n) is 9.01.